The molecule has 1 aromatic rings. The number of pyridine rings is 1. The number of aromatic nitrogens is 1. The molecule has 0 radical (unpaired) electrons. The lowest BCUT2D eigenvalue weighted by molar-refractivity contribution is -0.118. The normalized spacial score (nSPS) is 14.2. The lowest BCUT2D eigenvalue weighted by atomic mass is 9.99. The molecule has 16 heavy (non-hydrogen) atoms. The molecular weight excluding hydrogens is 209 g/mol. The first-order valence-corrected chi connectivity index (χ1v) is 5.22. The molecule has 5 heteroatoms. The Morgan fingerprint density at radius 2 is 2.31 bits per heavy atom. The summed E-state index contributed by atoms with van der Waals surface area (Å²) in [5.74, 6) is -0.330. The fourth-order valence-corrected chi connectivity index (χ4v) is 1.17. The number of rotatable bonds is 4. The Bertz CT molecular complexity index is 353. The second-order valence-electron chi connectivity index (χ2n) is 3.76. The predicted molar refractivity (Wildman–Crippen MR) is 60.3 cm³/mol. The van der Waals surface area contributed by atoms with Crippen LogP contribution in [-0.4, -0.2) is 16.9 Å². The molecule has 0 saturated carbocycles. The summed E-state index contributed by atoms with van der Waals surface area (Å²) in [6, 6.07) is 2.06. The van der Waals surface area contributed by atoms with Gasteiger partial charge in [-0.15, -0.1) is 0 Å². The van der Waals surface area contributed by atoms with Crippen LogP contribution in [0.15, 0.2) is 18.3 Å². The van der Waals surface area contributed by atoms with Gasteiger partial charge in [-0.3, -0.25) is 4.79 Å². The second-order valence-corrected chi connectivity index (χ2v) is 3.76. The average Bonchev–Trinajstić information content (AvgIpc) is 2.30. The maximum absolute atomic E-state index is 12.6. The third-order valence-corrected chi connectivity index (χ3v) is 2.54. The van der Waals surface area contributed by atoms with Crippen molar-refractivity contribution >= 4 is 11.7 Å². The number of carbonyl (C=O) groups is 1. The van der Waals surface area contributed by atoms with Crippen LogP contribution in [-0.2, 0) is 4.79 Å². The number of nitrogens with zero attached hydrogens (tertiary/aromatic N) is 1. The van der Waals surface area contributed by atoms with E-state index >= 15 is 0 Å². The SMILES string of the molecule is CC[C@H](C)[C@H](N)C(=O)Nc1ccc(F)cn1. The van der Waals surface area contributed by atoms with Crippen molar-refractivity contribution in [2.75, 3.05) is 5.32 Å². The molecule has 4 nitrogen and oxygen atoms in total. The van der Waals surface area contributed by atoms with Crippen molar-refractivity contribution in [1.29, 1.82) is 0 Å². The highest BCUT2D eigenvalue weighted by Gasteiger charge is 2.19. The van der Waals surface area contributed by atoms with Crippen molar-refractivity contribution in [3.8, 4) is 0 Å². The van der Waals surface area contributed by atoms with Crippen molar-refractivity contribution in [1.82, 2.24) is 4.98 Å². The van der Waals surface area contributed by atoms with E-state index in [1.807, 2.05) is 13.8 Å². The molecule has 0 aliphatic rings. The van der Waals surface area contributed by atoms with E-state index in [2.05, 4.69) is 10.3 Å². The minimum atomic E-state index is -0.572. The summed E-state index contributed by atoms with van der Waals surface area (Å²) in [5, 5.41) is 2.54. The molecule has 0 aromatic carbocycles. The van der Waals surface area contributed by atoms with Gasteiger partial charge in [0.15, 0.2) is 0 Å². The Labute approximate surface area is 94.1 Å². The van der Waals surface area contributed by atoms with Gasteiger partial charge in [0.1, 0.15) is 11.6 Å². The molecule has 3 N–H and O–H groups in total. The quantitative estimate of drug-likeness (QED) is 0.816. The van der Waals surface area contributed by atoms with E-state index in [1.165, 1.54) is 12.1 Å². The molecule has 0 aliphatic heterocycles. The minimum absolute atomic E-state index is 0.0976. The Morgan fingerprint density at radius 1 is 1.62 bits per heavy atom. The highest BCUT2D eigenvalue weighted by Crippen LogP contribution is 2.09. The zero-order valence-corrected chi connectivity index (χ0v) is 9.40. The van der Waals surface area contributed by atoms with E-state index in [-0.39, 0.29) is 11.8 Å². The molecule has 0 fully saturated rings. The first kappa shape index (κ1) is 12.6. The van der Waals surface area contributed by atoms with Crippen molar-refractivity contribution in [3.05, 3.63) is 24.1 Å². The molecule has 0 bridgehead atoms. The van der Waals surface area contributed by atoms with E-state index < -0.39 is 11.9 Å². The Hall–Kier alpha value is -1.49. The van der Waals surface area contributed by atoms with Crippen LogP contribution in [0.4, 0.5) is 10.2 Å². The Kier molecular flexibility index (Phi) is 4.37. The number of hydrogen-bond acceptors (Lipinski definition) is 3. The first-order valence-electron chi connectivity index (χ1n) is 5.22. The highest BCUT2D eigenvalue weighted by atomic mass is 19.1. The Morgan fingerprint density at radius 3 is 2.81 bits per heavy atom. The van der Waals surface area contributed by atoms with Gasteiger partial charge < -0.3 is 11.1 Å². The van der Waals surface area contributed by atoms with Gasteiger partial charge in [-0.25, -0.2) is 9.37 Å². The fourth-order valence-electron chi connectivity index (χ4n) is 1.17. The average molecular weight is 225 g/mol. The summed E-state index contributed by atoms with van der Waals surface area (Å²) < 4.78 is 12.6. The van der Waals surface area contributed by atoms with Crippen LogP contribution in [0.25, 0.3) is 0 Å². The van der Waals surface area contributed by atoms with Crippen LogP contribution in [0.5, 0.6) is 0 Å². The van der Waals surface area contributed by atoms with Gasteiger partial charge in [0, 0.05) is 0 Å². The molecule has 0 aliphatic carbocycles. The molecule has 2 atom stereocenters. The van der Waals surface area contributed by atoms with E-state index in [0.717, 1.165) is 12.6 Å². The predicted octanol–water partition coefficient (Wildman–Crippen LogP) is 1.53. The Balaban J connectivity index is 2.60. The third kappa shape index (κ3) is 3.27. The number of amides is 1. The first-order chi connectivity index (χ1) is 7.54. The zero-order valence-electron chi connectivity index (χ0n) is 9.40. The van der Waals surface area contributed by atoms with Gasteiger partial charge >= 0.3 is 0 Å². The number of halogens is 1. The van der Waals surface area contributed by atoms with Crippen LogP contribution < -0.4 is 11.1 Å². The van der Waals surface area contributed by atoms with Gasteiger partial charge in [0.25, 0.3) is 0 Å². The van der Waals surface area contributed by atoms with E-state index in [0.29, 0.717) is 5.82 Å². The summed E-state index contributed by atoms with van der Waals surface area (Å²) in [4.78, 5) is 15.4. The fraction of sp³-hybridized carbons (Fsp3) is 0.455. The molecule has 0 spiro atoms. The topological polar surface area (TPSA) is 68.0 Å². The molecule has 88 valence electrons. The minimum Gasteiger partial charge on any atom is -0.320 e. The number of carbonyl (C=O) groups excluding carboxylic acids is 1. The van der Waals surface area contributed by atoms with Gasteiger partial charge in [0.2, 0.25) is 5.91 Å². The lowest BCUT2D eigenvalue weighted by Gasteiger charge is -2.17. The van der Waals surface area contributed by atoms with Crippen LogP contribution in [0.1, 0.15) is 20.3 Å². The van der Waals surface area contributed by atoms with Crippen molar-refractivity contribution in [2.24, 2.45) is 11.7 Å². The molecular formula is C11H16FN3O. The highest BCUT2D eigenvalue weighted by molar-refractivity contribution is 5.94. The van der Waals surface area contributed by atoms with Crippen LogP contribution in [0.2, 0.25) is 0 Å². The summed E-state index contributed by atoms with van der Waals surface area (Å²) in [6.07, 6.45) is 1.87. The number of nitrogens with one attached hydrogen (secondary N) is 1. The number of hydrogen-bond donors (Lipinski definition) is 2. The maximum Gasteiger partial charge on any atom is 0.242 e. The van der Waals surface area contributed by atoms with Crippen molar-refractivity contribution in [2.45, 2.75) is 26.3 Å². The molecule has 0 saturated heterocycles. The van der Waals surface area contributed by atoms with Crippen LogP contribution in [0.3, 0.4) is 0 Å². The lowest BCUT2D eigenvalue weighted by Crippen LogP contribution is -2.40. The molecule has 1 aromatic heterocycles. The van der Waals surface area contributed by atoms with E-state index in [4.69, 9.17) is 5.73 Å². The van der Waals surface area contributed by atoms with E-state index in [1.54, 1.807) is 0 Å². The van der Waals surface area contributed by atoms with Gasteiger partial charge in [-0.2, -0.15) is 0 Å². The molecule has 0 unspecified atom stereocenters. The molecule has 1 heterocycles. The zero-order chi connectivity index (χ0) is 12.1. The summed E-state index contributed by atoms with van der Waals surface area (Å²) in [7, 11) is 0. The monoisotopic (exact) mass is 225 g/mol. The second kappa shape index (κ2) is 5.55. The largest absolute Gasteiger partial charge is 0.320 e. The summed E-state index contributed by atoms with van der Waals surface area (Å²) in [6.45, 7) is 3.87. The summed E-state index contributed by atoms with van der Waals surface area (Å²) >= 11 is 0. The van der Waals surface area contributed by atoms with Gasteiger partial charge in [0.05, 0.1) is 12.2 Å². The standard InChI is InChI=1S/C11H16FN3O/c1-3-7(2)10(13)11(16)15-9-5-4-8(12)6-14-9/h4-7,10H,3,13H2,1-2H3,(H,14,15,16)/t7-,10-/m0/s1. The van der Waals surface area contributed by atoms with Crippen LogP contribution in [0, 0.1) is 11.7 Å². The number of anilines is 1. The molecule has 1 rings (SSSR count). The third-order valence-electron chi connectivity index (χ3n) is 2.54. The van der Waals surface area contributed by atoms with Crippen LogP contribution >= 0.6 is 0 Å². The summed E-state index contributed by atoms with van der Waals surface area (Å²) in [5.41, 5.74) is 5.74. The van der Waals surface area contributed by atoms with Crippen molar-refractivity contribution < 1.29 is 9.18 Å². The van der Waals surface area contributed by atoms with Crippen molar-refractivity contribution in [3.63, 3.8) is 0 Å². The van der Waals surface area contributed by atoms with Gasteiger partial charge in [-0.05, 0) is 18.1 Å². The smallest absolute Gasteiger partial charge is 0.242 e. The van der Waals surface area contributed by atoms with E-state index in [9.17, 15) is 9.18 Å². The maximum atomic E-state index is 12.6. The van der Waals surface area contributed by atoms with Gasteiger partial charge in [-0.1, -0.05) is 20.3 Å². The molecule has 1 amide bonds. The number of nitrogens with two attached hydrogens (primary N) is 1.